The highest BCUT2D eigenvalue weighted by molar-refractivity contribution is 6.22. The second kappa shape index (κ2) is 6.95. The molecular weight excluding hydrogens is 340 g/mol. The SMILES string of the molecule is CC1=CC[C@@H]2C(=O)N(c3ccc(C(=O)N4CCC(C)CC4)cc3)C(=O)[C@@H]2C1. The van der Waals surface area contributed by atoms with Crippen LogP contribution in [0.4, 0.5) is 5.69 Å². The van der Waals surface area contributed by atoms with E-state index in [9.17, 15) is 14.4 Å². The summed E-state index contributed by atoms with van der Waals surface area (Å²) >= 11 is 0. The zero-order chi connectivity index (χ0) is 19.1. The Morgan fingerprint density at radius 3 is 2.30 bits per heavy atom. The maximum atomic E-state index is 12.8. The summed E-state index contributed by atoms with van der Waals surface area (Å²) in [5.74, 6) is 0.00248. The average Bonchev–Trinajstić information content (AvgIpc) is 2.92. The predicted octanol–water partition coefficient (Wildman–Crippen LogP) is 3.40. The van der Waals surface area contributed by atoms with Crippen molar-refractivity contribution in [1.82, 2.24) is 4.90 Å². The first kappa shape index (κ1) is 18.0. The number of rotatable bonds is 2. The highest BCUT2D eigenvalue weighted by atomic mass is 16.2. The van der Waals surface area contributed by atoms with Crippen LogP contribution in [0.25, 0.3) is 0 Å². The Kier molecular flexibility index (Phi) is 4.62. The first-order valence-electron chi connectivity index (χ1n) is 9.88. The molecule has 5 nitrogen and oxygen atoms in total. The van der Waals surface area contributed by atoms with E-state index in [4.69, 9.17) is 0 Å². The molecule has 1 aromatic carbocycles. The molecule has 2 atom stereocenters. The fourth-order valence-electron chi connectivity index (χ4n) is 4.44. The van der Waals surface area contributed by atoms with E-state index in [1.165, 1.54) is 10.5 Å². The molecule has 0 radical (unpaired) electrons. The Labute approximate surface area is 160 Å². The van der Waals surface area contributed by atoms with Crippen LogP contribution < -0.4 is 4.90 Å². The number of nitrogens with zero attached hydrogens (tertiary/aromatic N) is 2. The molecule has 0 saturated carbocycles. The van der Waals surface area contributed by atoms with Crippen LogP contribution >= 0.6 is 0 Å². The van der Waals surface area contributed by atoms with Crippen LogP contribution in [0.1, 0.15) is 49.9 Å². The number of hydrogen-bond donors (Lipinski definition) is 0. The van der Waals surface area contributed by atoms with Gasteiger partial charge in [0, 0.05) is 18.7 Å². The summed E-state index contributed by atoms with van der Waals surface area (Å²) in [5.41, 5.74) is 2.36. The fourth-order valence-corrected chi connectivity index (χ4v) is 4.44. The minimum Gasteiger partial charge on any atom is -0.339 e. The van der Waals surface area contributed by atoms with E-state index >= 15 is 0 Å². The van der Waals surface area contributed by atoms with E-state index in [1.54, 1.807) is 24.3 Å². The monoisotopic (exact) mass is 366 g/mol. The summed E-state index contributed by atoms with van der Waals surface area (Å²) in [4.78, 5) is 41.4. The molecule has 3 amide bonds. The standard InChI is InChI=1S/C22H26N2O3/c1-14-9-11-23(12-10-14)20(25)16-4-6-17(7-5-16)24-21(26)18-8-3-15(2)13-19(18)22(24)27/h3-7,14,18-19H,8-13H2,1-2H3/t18-,19+/m0/s1. The lowest BCUT2D eigenvalue weighted by Crippen LogP contribution is -2.38. The molecule has 2 saturated heterocycles. The molecule has 5 heteroatoms. The molecule has 2 fully saturated rings. The van der Waals surface area contributed by atoms with Crippen LogP contribution in [0.15, 0.2) is 35.9 Å². The lowest BCUT2D eigenvalue weighted by Gasteiger charge is -2.30. The second-order valence-electron chi connectivity index (χ2n) is 8.24. The molecule has 0 N–H and O–H groups in total. The van der Waals surface area contributed by atoms with E-state index in [0.29, 0.717) is 30.0 Å². The van der Waals surface area contributed by atoms with Crippen LogP contribution in [0.3, 0.4) is 0 Å². The maximum Gasteiger partial charge on any atom is 0.253 e. The van der Waals surface area contributed by atoms with Gasteiger partial charge < -0.3 is 4.90 Å². The largest absolute Gasteiger partial charge is 0.339 e. The number of amides is 3. The highest BCUT2D eigenvalue weighted by Crippen LogP contribution is 2.39. The van der Waals surface area contributed by atoms with E-state index in [-0.39, 0.29) is 29.6 Å². The zero-order valence-electron chi connectivity index (χ0n) is 16.0. The van der Waals surface area contributed by atoms with Crippen molar-refractivity contribution in [2.24, 2.45) is 17.8 Å². The van der Waals surface area contributed by atoms with Crippen LogP contribution in [0, 0.1) is 17.8 Å². The van der Waals surface area contributed by atoms with Gasteiger partial charge >= 0.3 is 0 Å². The van der Waals surface area contributed by atoms with Gasteiger partial charge in [0.2, 0.25) is 11.8 Å². The van der Waals surface area contributed by atoms with Crippen molar-refractivity contribution in [1.29, 1.82) is 0 Å². The van der Waals surface area contributed by atoms with Gasteiger partial charge in [-0.3, -0.25) is 19.3 Å². The maximum absolute atomic E-state index is 12.8. The molecule has 1 aliphatic carbocycles. The van der Waals surface area contributed by atoms with Gasteiger partial charge in [-0.05, 0) is 62.8 Å². The fraction of sp³-hybridized carbons (Fsp3) is 0.500. The minimum absolute atomic E-state index is 0.0287. The van der Waals surface area contributed by atoms with Crippen molar-refractivity contribution in [2.75, 3.05) is 18.0 Å². The van der Waals surface area contributed by atoms with Gasteiger partial charge in [-0.2, -0.15) is 0 Å². The van der Waals surface area contributed by atoms with Gasteiger partial charge in [0.05, 0.1) is 17.5 Å². The number of carbonyl (C=O) groups is 3. The van der Waals surface area contributed by atoms with Gasteiger partial charge in [0.25, 0.3) is 5.91 Å². The number of anilines is 1. The lowest BCUT2D eigenvalue weighted by atomic mass is 9.82. The zero-order valence-corrected chi connectivity index (χ0v) is 16.0. The molecular formula is C22H26N2O3. The smallest absolute Gasteiger partial charge is 0.253 e. The molecule has 4 rings (SSSR count). The topological polar surface area (TPSA) is 57.7 Å². The van der Waals surface area contributed by atoms with Crippen LogP contribution in [0.5, 0.6) is 0 Å². The third-order valence-corrected chi connectivity index (χ3v) is 6.27. The van der Waals surface area contributed by atoms with Gasteiger partial charge in [-0.15, -0.1) is 0 Å². The van der Waals surface area contributed by atoms with Crippen LogP contribution in [0.2, 0.25) is 0 Å². The molecule has 27 heavy (non-hydrogen) atoms. The summed E-state index contributed by atoms with van der Waals surface area (Å²) in [6.45, 7) is 5.81. The normalized spacial score (nSPS) is 26.2. The summed E-state index contributed by atoms with van der Waals surface area (Å²) in [7, 11) is 0. The molecule has 0 unspecified atom stereocenters. The van der Waals surface area contributed by atoms with Crippen LogP contribution in [-0.2, 0) is 9.59 Å². The van der Waals surface area contributed by atoms with Gasteiger partial charge in [0.1, 0.15) is 0 Å². The van der Waals surface area contributed by atoms with Gasteiger partial charge in [-0.1, -0.05) is 18.6 Å². The predicted molar refractivity (Wildman–Crippen MR) is 103 cm³/mol. The van der Waals surface area contributed by atoms with E-state index in [1.807, 2.05) is 11.8 Å². The number of allylic oxidation sites excluding steroid dienone is 2. The van der Waals surface area contributed by atoms with Crippen LogP contribution in [-0.4, -0.2) is 35.7 Å². The summed E-state index contributed by atoms with van der Waals surface area (Å²) in [5, 5.41) is 0. The summed E-state index contributed by atoms with van der Waals surface area (Å²) in [6, 6.07) is 6.93. The molecule has 142 valence electrons. The van der Waals surface area contributed by atoms with Crippen molar-refractivity contribution in [3.63, 3.8) is 0 Å². The lowest BCUT2D eigenvalue weighted by molar-refractivity contribution is -0.122. The number of piperidine rings is 1. The number of benzene rings is 1. The summed E-state index contributed by atoms with van der Waals surface area (Å²) < 4.78 is 0. The Morgan fingerprint density at radius 2 is 1.63 bits per heavy atom. The first-order chi connectivity index (χ1) is 13.0. The van der Waals surface area contributed by atoms with Gasteiger partial charge in [0.15, 0.2) is 0 Å². The molecule has 3 aliphatic rings. The number of likely N-dealkylation sites (tertiary alicyclic amines) is 1. The van der Waals surface area contributed by atoms with Crippen molar-refractivity contribution in [3.8, 4) is 0 Å². The Balaban J connectivity index is 1.50. The van der Waals surface area contributed by atoms with Crippen molar-refractivity contribution < 1.29 is 14.4 Å². The Morgan fingerprint density at radius 1 is 1.00 bits per heavy atom. The molecule has 0 bridgehead atoms. The quantitative estimate of drug-likeness (QED) is 0.595. The second-order valence-corrected chi connectivity index (χ2v) is 8.24. The van der Waals surface area contributed by atoms with E-state index in [0.717, 1.165) is 25.9 Å². The molecule has 2 heterocycles. The molecule has 0 aromatic heterocycles. The van der Waals surface area contributed by atoms with E-state index < -0.39 is 0 Å². The molecule has 2 aliphatic heterocycles. The minimum atomic E-state index is -0.238. The Bertz CT molecular complexity index is 803. The summed E-state index contributed by atoms with van der Waals surface area (Å²) in [6.07, 6.45) is 5.45. The van der Waals surface area contributed by atoms with Crippen molar-refractivity contribution in [3.05, 3.63) is 41.5 Å². The van der Waals surface area contributed by atoms with Gasteiger partial charge in [-0.25, -0.2) is 0 Å². The van der Waals surface area contributed by atoms with Crippen molar-refractivity contribution >= 4 is 23.4 Å². The third-order valence-electron chi connectivity index (χ3n) is 6.27. The highest BCUT2D eigenvalue weighted by Gasteiger charge is 2.48. The number of hydrogen-bond acceptors (Lipinski definition) is 3. The third kappa shape index (κ3) is 3.20. The average molecular weight is 366 g/mol. The number of fused-ring (bicyclic) bond motifs is 1. The molecule has 1 aromatic rings. The first-order valence-corrected chi connectivity index (χ1v) is 9.88. The number of imide groups is 1. The number of carbonyl (C=O) groups excluding carboxylic acids is 3. The van der Waals surface area contributed by atoms with E-state index in [2.05, 4.69) is 13.0 Å². The van der Waals surface area contributed by atoms with Crippen molar-refractivity contribution in [2.45, 2.75) is 39.5 Å². The molecule has 0 spiro atoms. The Hall–Kier alpha value is -2.43.